The van der Waals surface area contributed by atoms with Crippen LogP contribution in [-0.2, 0) is 10.0 Å². The Hall–Kier alpha value is -2.57. The number of hydrogen-bond acceptors (Lipinski definition) is 4. The van der Waals surface area contributed by atoms with E-state index in [-0.39, 0.29) is 10.9 Å². The van der Waals surface area contributed by atoms with Crippen molar-refractivity contribution < 1.29 is 12.8 Å². The number of nitrogens with two attached hydrogens (primary N) is 1. The normalized spacial score (nSPS) is 12.8. The highest BCUT2D eigenvalue weighted by Gasteiger charge is 2.18. The van der Waals surface area contributed by atoms with Crippen molar-refractivity contribution in [3.05, 3.63) is 72.5 Å². The number of nitrogens with one attached hydrogen (secondary N) is 1. The summed E-state index contributed by atoms with van der Waals surface area (Å²) in [6.07, 6.45) is 1.54. The van der Waals surface area contributed by atoms with Gasteiger partial charge in [0.05, 0.1) is 16.8 Å². The van der Waals surface area contributed by atoms with Crippen LogP contribution in [0.3, 0.4) is 0 Å². The second-order valence-electron chi connectivity index (χ2n) is 5.49. The van der Waals surface area contributed by atoms with Crippen LogP contribution in [0.25, 0.3) is 11.3 Å². The second-order valence-corrected chi connectivity index (χ2v) is 7.17. The molecule has 0 fully saturated rings. The second kappa shape index (κ2) is 6.51. The molecule has 0 aliphatic heterocycles. The predicted octanol–water partition coefficient (Wildman–Crippen LogP) is 3.77. The molecule has 0 spiro atoms. The van der Waals surface area contributed by atoms with Gasteiger partial charge in [0.15, 0.2) is 0 Å². The van der Waals surface area contributed by atoms with Gasteiger partial charge in [-0.05, 0) is 48.9 Å². The zero-order chi connectivity index (χ0) is 17.2. The third kappa shape index (κ3) is 3.34. The lowest BCUT2D eigenvalue weighted by molar-refractivity contribution is 0.582. The minimum atomic E-state index is -3.68. The van der Waals surface area contributed by atoms with Crippen LogP contribution in [-0.4, -0.2) is 8.42 Å². The molecule has 1 unspecified atom stereocenters. The Bertz CT molecular complexity index is 918. The summed E-state index contributed by atoms with van der Waals surface area (Å²) in [6.45, 7) is 1.87. The van der Waals surface area contributed by atoms with Gasteiger partial charge in [-0.15, -0.1) is 0 Å². The molecule has 6 heteroatoms. The van der Waals surface area contributed by atoms with Gasteiger partial charge in [-0.3, -0.25) is 4.72 Å². The standard InChI is InChI=1S/C18H18N2O3S/c1-13(19)14-9-10-17(16(12-14)18-8-5-11-23-18)20-24(21,22)15-6-3-2-4-7-15/h2-13,20H,19H2,1H3. The Morgan fingerprint density at radius 2 is 1.79 bits per heavy atom. The first-order valence-electron chi connectivity index (χ1n) is 7.48. The molecule has 124 valence electrons. The third-order valence-corrected chi connectivity index (χ3v) is 5.04. The molecular formula is C18H18N2O3S. The van der Waals surface area contributed by atoms with Crippen molar-refractivity contribution in [1.82, 2.24) is 0 Å². The highest BCUT2D eigenvalue weighted by atomic mass is 32.2. The molecule has 0 aliphatic carbocycles. The zero-order valence-corrected chi connectivity index (χ0v) is 14.0. The van der Waals surface area contributed by atoms with Crippen LogP contribution >= 0.6 is 0 Å². The van der Waals surface area contributed by atoms with Crippen molar-refractivity contribution in [2.75, 3.05) is 4.72 Å². The molecule has 1 aromatic heterocycles. The lowest BCUT2D eigenvalue weighted by Gasteiger charge is -2.14. The Kier molecular flexibility index (Phi) is 4.42. The van der Waals surface area contributed by atoms with E-state index in [1.807, 2.05) is 13.0 Å². The molecule has 0 amide bonds. The van der Waals surface area contributed by atoms with Gasteiger partial charge in [-0.1, -0.05) is 24.3 Å². The molecular weight excluding hydrogens is 324 g/mol. The molecule has 2 aromatic carbocycles. The average Bonchev–Trinajstić information content (AvgIpc) is 3.10. The smallest absolute Gasteiger partial charge is 0.261 e. The van der Waals surface area contributed by atoms with Crippen LogP contribution in [0.2, 0.25) is 0 Å². The number of furan rings is 1. The van der Waals surface area contributed by atoms with Gasteiger partial charge in [0.1, 0.15) is 5.76 Å². The Balaban J connectivity index is 2.05. The molecule has 1 heterocycles. The van der Waals surface area contributed by atoms with Gasteiger partial charge in [0, 0.05) is 11.6 Å². The first kappa shape index (κ1) is 16.3. The van der Waals surface area contributed by atoms with Crippen LogP contribution in [0, 0.1) is 0 Å². The van der Waals surface area contributed by atoms with Crippen LogP contribution in [0.4, 0.5) is 5.69 Å². The van der Waals surface area contributed by atoms with E-state index in [9.17, 15) is 8.42 Å². The molecule has 0 radical (unpaired) electrons. The maximum atomic E-state index is 12.6. The molecule has 5 nitrogen and oxygen atoms in total. The summed E-state index contributed by atoms with van der Waals surface area (Å²) in [5, 5.41) is 0. The van der Waals surface area contributed by atoms with E-state index < -0.39 is 10.0 Å². The average molecular weight is 342 g/mol. The van der Waals surface area contributed by atoms with Gasteiger partial charge in [0.2, 0.25) is 0 Å². The minimum absolute atomic E-state index is 0.168. The molecule has 3 aromatic rings. The molecule has 0 bridgehead atoms. The molecule has 3 N–H and O–H groups in total. The zero-order valence-electron chi connectivity index (χ0n) is 13.1. The van der Waals surface area contributed by atoms with Crippen LogP contribution in [0.5, 0.6) is 0 Å². The summed E-state index contributed by atoms with van der Waals surface area (Å²) in [5.41, 5.74) is 7.92. The number of sulfonamides is 1. The summed E-state index contributed by atoms with van der Waals surface area (Å²) in [4.78, 5) is 0.201. The van der Waals surface area contributed by atoms with Gasteiger partial charge in [0.25, 0.3) is 10.0 Å². The predicted molar refractivity (Wildman–Crippen MR) is 94.0 cm³/mol. The fraction of sp³-hybridized carbons (Fsp3) is 0.111. The molecule has 3 rings (SSSR count). The third-order valence-electron chi connectivity index (χ3n) is 3.65. The van der Waals surface area contributed by atoms with Gasteiger partial charge in [-0.25, -0.2) is 8.42 Å². The largest absolute Gasteiger partial charge is 0.464 e. The molecule has 0 saturated heterocycles. The van der Waals surface area contributed by atoms with E-state index >= 15 is 0 Å². The number of hydrogen-bond donors (Lipinski definition) is 2. The van der Waals surface area contributed by atoms with E-state index in [0.29, 0.717) is 17.0 Å². The summed E-state index contributed by atoms with van der Waals surface area (Å²) in [6, 6.07) is 16.9. The SMILES string of the molecule is CC(N)c1ccc(NS(=O)(=O)c2ccccc2)c(-c2ccco2)c1. The fourth-order valence-electron chi connectivity index (χ4n) is 2.37. The maximum Gasteiger partial charge on any atom is 0.261 e. The first-order chi connectivity index (χ1) is 11.5. The summed E-state index contributed by atoms with van der Waals surface area (Å²) >= 11 is 0. The number of anilines is 1. The molecule has 24 heavy (non-hydrogen) atoms. The van der Waals surface area contributed by atoms with Crippen LogP contribution in [0.15, 0.2) is 76.2 Å². The number of benzene rings is 2. The van der Waals surface area contributed by atoms with Gasteiger partial charge < -0.3 is 10.2 Å². The topological polar surface area (TPSA) is 85.3 Å². The van der Waals surface area contributed by atoms with E-state index in [1.54, 1.807) is 60.9 Å². The summed E-state index contributed by atoms with van der Waals surface area (Å²) < 4.78 is 33.2. The van der Waals surface area contributed by atoms with Crippen molar-refractivity contribution in [1.29, 1.82) is 0 Å². The van der Waals surface area contributed by atoms with E-state index in [0.717, 1.165) is 5.56 Å². The Morgan fingerprint density at radius 3 is 2.42 bits per heavy atom. The summed E-state index contributed by atoms with van der Waals surface area (Å²) in [7, 11) is -3.68. The van der Waals surface area contributed by atoms with Crippen molar-refractivity contribution in [3.8, 4) is 11.3 Å². The van der Waals surface area contributed by atoms with E-state index in [4.69, 9.17) is 10.2 Å². The highest BCUT2D eigenvalue weighted by Crippen LogP contribution is 2.32. The van der Waals surface area contributed by atoms with E-state index in [1.165, 1.54) is 0 Å². The van der Waals surface area contributed by atoms with Gasteiger partial charge in [-0.2, -0.15) is 0 Å². The monoisotopic (exact) mass is 342 g/mol. The quantitative estimate of drug-likeness (QED) is 0.739. The summed E-state index contributed by atoms with van der Waals surface area (Å²) in [5.74, 6) is 0.572. The lowest BCUT2D eigenvalue weighted by atomic mass is 10.0. The fourth-order valence-corrected chi connectivity index (χ4v) is 3.47. The van der Waals surface area contributed by atoms with Crippen molar-refractivity contribution in [2.24, 2.45) is 5.73 Å². The first-order valence-corrected chi connectivity index (χ1v) is 8.97. The van der Waals surface area contributed by atoms with E-state index in [2.05, 4.69) is 4.72 Å². The van der Waals surface area contributed by atoms with Crippen LogP contribution in [0.1, 0.15) is 18.5 Å². The Labute approximate surface area is 141 Å². The number of rotatable bonds is 5. The van der Waals surface area contributed by atoms with Crippen molar-refractivity contribution in [2.45, 2.75) is 17.9 Å². The molecule has 0 aliphatic rings. The Morgan fingerprint density at radius 1 is 1.04 bits per heavy atom. The maximum absolute atomic E-state index is 12.6. The van der Waals surface area contributed by atoms with Crippen LogP contribution < -0.4 is 10.5 Å². The highest BCUT2D eigenvalue weighted by molar-refractivity contribution is 7.92. The molecule has 0 saturated carbocycles. The van der Waals surface area contributed by atoms with Crippen molar-refractivity contribution >= 4 is 15.7 Å². The molecule has 1 atom stereocenters. The lowest BCUT2D eigenvalue weighted by Crippen LogP contribution is -2.14. The van der Waals surface area contributed by atoms with Crippen molar-refractivity contribution in [3.63, 3.8) is 0 Å². The van der Waals surface area contributed by atoms with Gasteiger partial charge >= 0.3 is 0 Å². The minimum Gasteiger partial charge on any atom is -0.464 e.